The molecular weight excluding hydrogens is 422 g/mol. The third-order valence-corrected chi connectivity index (χ3v) is 6.03. The molecule has 0 atom stereocenters. The molecule has 0 saturated carbocycles. The van der Waals surface area contributed by atoms with Crippen molar-refractivity contribution in [2.75, 3.05) is 18.0 Å². The van der Waals surface area contributed by atoms with E-state index >= 15 is 8.78 Å². The first kappa shape index (κ1) is 20.2. The number of hydrogen-bond acceptors (Lipinski definition) is 4. The predicted molar refractivity (Wildman–Crippen MR) is 115 cm³/mol. The van der Waals surface area contributed by atoms with E-state index in [-0.39, 0.29) is 17.8 Å². The molecular formula is C23H21ClF2N4O. The highest BCUT2D eigenvalue weighted by Gasteiger charge is 2.46. The van der Waals surface area contributed by atoms with Gasteiger partial charge in [0.25, 0.3) is 5.56 Å². The van der Waals surface area contributed by atoms with Crippen LogP contribution in [0.5, 0.6) is 0 Å². The van der Waals surface area contributed by atoms with Crippen molar-refractivity contribution in [3.63, 3.8) is 0 Å². The van der Waals surface area contributed by atoms with Crippen LogP contribution in [0.25, 0.3) is 0 Å². The van der Waals surface area contributed by atoms with Gasteiger partial charge in [-0.3, -0.25) is 9.69 Å². The Morgan fingerprint density at radius 2 is 1.77 bits per heavy atom. The van der Waals surface area contributed by atoms with Crippen molar-refractivity contribution >= 4 is 17.5 Å². The SMILES string of the molecule is O=c1nc2n(c3c1CN(Cc1ccccc1)CC3(F)F)CCN2Cc1cccc(Cl)c1. The fourth-order valence-electron chi connectivity index (χ4n) is 4.51. The number of nitrogens with zero attached hydrogens (tertiary/aromatic N) is 4. The summed E-state index contributed by atoms with van der Waals surface area (Å²) in [6.07, 6.45) is 0. The maximum absolute atomic E-state index is 15.3. The minimum atomic E-state index is -3.13. The molecule has 0 radical (unpaired) electrons. The Balaban J connectivity index is 1.48. The van der Waals surface area contributed by atoms with Gasteiger partial charge in [-0.25, -0.2) is 0 Å². The molecule has 1 aromatic heterocycles. The average molecular weight is 443 g/mol. The summed E-state index contributed by atoms with van der Waals surface area (Å²) < 4.78 is 32.2. The fraction of sp³-hybridized carbons (Fsp3) is 0.304. The summed E-state index contributed by atoms with van der Waals surface area (Å²) in [5, 5.41) is 0.609. The second-order valence-electron chi connectivity index (χ2n) is 8.08. The largest absolute Gasteiger partial charge is 0.336 e. The van der Waals surface area contributed by atoms with Gasteiger partial charge in [0.2, 0.25) is 5.95 Å². The summed E-state index contributed by atoms with van der Waals surface area (Å²) >= 11 is 6.07. The van der Waals surface area contributed by atoms with Gasteiger partial charge in [0.15, 0.2) is 0 Å². The molecule has 2 aromatic carbocycles. The molecule has 3 aromatic rings. The Morgan fingerprint density at radius 3 is 2.55 bits per heavy atom. The van der Waals surface area contributed by atoms with E-state index in [0.717, 1.165) is 11.1 Å². The van der Waals surface area contributed by atoms with Gasteiger partial charge in [0, 0.05) is 37.7 Å². The number of fused-ring (bicyclic) bond motifs is 3. The third-order valence-electron chi connectivity index (χ3n) is 5.80. The lowest BCUT2D eigenvalue weighted by Gasteiger charge is -2.35. The van der Waals surface area contributed by atoms with Gasteiger partial charge in [-0.2, -0.15) is 13.8 Å². The number of alkyl halides is 2. The standard InChI is InChI=1S/C23H21ClF2N4O/c24-18-8-4-7-17(11-18)13-29-9-10-30-20-19(21(31)27-22(29)30)14-28(15-23(20,25)26)12-16-5-2-1-3-6-16/h1-8,11H,9-10,12-15H2. The molecule has 8 heteroatoms. The minimum absolute atomic E-state index is 0.0977. The van der Waals surface area contributed by atoms with Crippen molar-refractivity contribution in [3.8, 4) is 0 Å². The Morgan fingerprint density at radius 1 is 1.00 bits per heavy atom. The van der Waals surface area contributed by atoms with Crippen LogP contribution < -0.4 is 10.5 Å². The molecule has 0 N–H and O–H groups in total. The zero-order valence-electron chi connectivity index (χ0n) is 16.8. The Kier molecular flexibility index (Phi) is 5.02. The number of rotatable bonds is 4. The highest BCUT2D eigenvalue weighted by atomic mass is 35.5. The molecule has 0 amide bonds. The maximum Gasteiger partial charge on any atom is 0.300 e. The molecule has 160 valence electrons. The summed E-state index contributed by atoms with van der Waals surface area (Å²) in [6, 6.07) is 16.8. The lowest BCUT2D eigenvalue weighted by Crippen LogP contribution is -2.45. The summed E-state index contributed by atoms with van der Waals surface area (Å²) in [7, 11) is 0. The van der Waals surface area contributed by atoms with Gasteiger partial charge in [0.05, 0.1) is 12.1 Å². The molecule has 0 aliphatic carbocycles. The first-order valence-electron chi connectivity index (χ1n) is 10.2. The minimum Gasteiger partial charge on any atom is -0.336 e. The van der Waals surface area contributed by atoms with Crippen LogP contribution in [0, 0.1) is 0 Å². The predicted octanol–water partition coefficient (Wildman–Crippen LogP) is 4.02. The number of anilines is 1. The van der Waals surface area contributed by atoms with Crippen LogP contribution in [0.4, 0.5) is 14.7 Å². The van der Waals surface area contributed by atoms with E-state index in [1.807, 2.05) is 53.4 Å². The van der Waals surface area contributed by atoms with Crippen LogP contribution in [-0.2, 0) is 32.1 Å². The summed E-state index contributed by atoms with van der Waals surface area (Å²) in [5.41, 5.74) is 1.22. The van der Waals surface area contributed by atoms with E-state index in [2.05, 4.69) is 4.98 Å². The topological polar surface area (TPSA) is 41.4 Å². The van der Waals surface area contributed by atoms with E-state index in [4.69, 9.17) is 11.6 Å². The average Bonchev–Trinajstić information content (AvgIpc) is 3.10. The van der Waals surface area contributed by atoms with Crippen molar-refractivity contribution in [1.29, 1.82) is 0 Å². The van der Waals surface area contributed by atoms with Gasteiger partial charge in [0.1, 0.15) is 5.69 Å². The van der Waals surface area contributed by atoms with Crippen LogP contribution in [0.15, 0.2) is 59.4 Å². The third kappa shape index (κ3) is 3.83. The molecule has 5 rings (SSSR count). The lowest BCUT2D eigenvalue weighted by atomic mass is 10.0. The van der Waals surface area contributed by atoms with Crippen LogP contribution in [0.2, 0.25) is 5.02 Å². The van der Waals surface area contributed by atoms with Crippen LogP contribution >= 0.6 is 11.6 Å². The molecule has 0 spiro atoms. The smallest absolute Gasteiger partial charge is 0.300 e. The molecule has 2 aliphatic heterocycles. The highest BCUT2D eigenvalue weighted by Crippen LogP contribution is 2.38. The van der Waals surface area contributed by atoms with Gasteiger partial charge < -0.3 is 9.47 Å². The molecule has 0 bridgehead atoms. The van der Waals surface area contributed by atoms with Crippen molar-refractivity contribution in [2.24, 2.45) is 0 Å². The normalized spacial score (nSPS) is 17.5. The number of aromatic nitrogens is 2. The molecule has 0 fully saturated rings. The highest BCUT2D eigenvalue weighted by molar-refractivity contribution is 6.30. The lowest BCUT2D eigenvalue weighted by molar-refractivity contribution is -0.0621. The number of benzene rings is 2. The van der Waals surface area contributed by atoms with Crippen molar-refractivity contribution in [3.05, 3.63) is 92.4 Å². The van der Waals surface area contributed by atoms with Gasteiger partial charge >= 0.3 is 5.92 Å². The van der Waals surface area contributed by atoms with Crippen LogP contribution in [-0.4, -0.2) is 27.5 Å². The molecule has 2 aliphatic rings. The summed E-state index contributed by atoms with van der Waals surface area (Å²) in [6.45, 7) is 1.45. The fourth-order valence-corrected chi connectivity index (χ4v) is 4.72. The molecule has 0 unspecified atom stereocenters. The van der Waals surface area contributed by atoms with Crippen molar-refractivity contribution < 1.29 is 8.78 Å². The molecule has 5 nitrogen and oxygen atoms in total. The van der Waals surface area contributed by atoms with Crippen molar-refractivity contribution in [2.45, 2.75) is 32.1 Å². The molecule has 31 heavy (non-hydrogen) atoms. The zero-order valence-corrected chi connectivity index (χ0v) is 17.5. The number of hydrogen-bond donors (Lipinski definition) is 0. The Hall–Kier alpha value is -2.77. The van der Waals surface area contributed by atoms with E-state index in [1.165, 1.54) is 4.57 Å². The van der Waals surface area contributed by atoms with Gasteiger partial charge in [-0.1, -0.05) is 54.1 Å². The van der Waals surface area contributed by atoms with E-state index < -0.39 is 18.0 Å². The first-order chi connectivity index (χ1) is 14.9. The van der Waals surface area contributed by atoms with Crippen LogP contribution in [0.1, 0.15) is 22.4 Å². The Bertz CT molecular complexity index is 1180. The Labute approximate surface area is 183 Å². The van der Waals surface area contributed by atoms with E-state index in [0.29, 0.717) is 37.1 Å². The van der Waals surface area contributed by atoms with Crippen LogP contribution in [0.3, 0.4) is 0 Å². The first-order valence-corrected chi connectivity index (χ1v) is 10.6. The summed E-state index contributed by atoms with van der Waals surface area (Å²) in [5.74, 6) is -2.83. The van der Waals surface area contributed by atoms with Crippen molar-refractivity contribution in [1.82, 2.24) is 14.5 Å². The number of halogens is 3. The van der Waals surface area contributed by atoms with Gasteiger partial charge in [-0.05, 0) is 23.3 Å². The molecule has 3 heterocycles. The summed E-state index contributed by atoms with van der Waals surface area (Å²) in [4.78, 5) is 20.5. The second kappa shape index (κ2) is 7.73. The second-order valence-corrected chi connectivity index (χ2v) is 8.52. The van der Waals surface area contributed by atoms with Gasteiger partial charge in [-0.15, -0.1) is 0 Å². The molecule has 0 saturated heterocycles. The maximum atomic E-state index is 15.3. The van der Waals surface area contributed by atoms with E-state index in [1.54, 1.807) is 11.0 Å². The van der Waals surface area contributed by atoms with E-state index in [9.17, 15) is 4.79 Å². The quantitative estimate of drug-likeness (QED) is 0.612. The monoisotopic (exact) mass is 442 g/mol. The zero-order chi connectivity index (χ0) is 21.6.